The minimum Gasteiger partial charge on any atom is -0.545 e. The predicted octanol–water partition coefficient (Wildman–Crippen LogP) is -0.647. The third kappa shape index (κ3) is 1.83. The molecular formula is C9H11NO2. The summed E-state index contributed by atoms with van der Waals surface area (Å²) in [6, 6.07) is 6.76. The summed E-state index contributed by atoms with van der Waals surface area (Å²) < 4.78 is 0. The molecular weight excluding hydrogens is 154 g/mol. The number of hydrogen-bond donors (Lipinski definition) is 1. The molecule has 3 heteroatoms. The second-order valence-corrected chi connectivity index (χ2v) is 2.81. The fourth-order valence-electron chi connectivity index (χ4n) is 0.948. The molecule has 0 aliphatic rings. The summed E-state index contributed by atoms with van der Waals surface area (Å²) in [5.74, 6) is -1.14. The molecule has 0 aromatic heterocycles. The van der Waals surface area contributed by atoms with Gasteiger partial charge in [-0.25, -0.2) is 0 Å². The Kier molecular flexibility index (Phi) is 2.45. The molecule has 0 heterocycles. The van der Waals surface area contributed by atoms with E-state index in [1.54, 1.807) is 12.1 Å². The highest BCUT2D eigenvalue weighted by molar-refractivity contribution is 5.85. The molecule has 64 valence electrons. The lowest BCUT2D eigenvalue weighted by molar-refractivity contribution is -0.420. The third-order valence-corrected chi connectivity index (χ3v) is 1.72. The van der Waals surface area contributed by atoms with Gasteiger partial charge in [0.15, 0.2) is 0 Å². The molecule has 0 radical (unpaired) electrons. The molecule has 3 N–H and O–H groups in total. The Morgan fingerprint density at radius 1 is 1.42 bits per heavy atom. The first kappa shape index (κ1) is 8.74. The van der Waals surface area contributed by atoms with Crippen LogP contribution < -0.4 is 10.8 Å². The van der Waals surface area contributed by atoms with Crippen LogP contribution in [0.25, 0.3) is 0 Å². The van der Waals surface area contributed by atoms with Gasteiger partial charge >= 0.3 is 0 Å². The number of hydrogen-bond acceptors (Lipinski definition) is 2. The van der Waals surface area contributed by atoms with Crippen LogP contribution in [0.2, 0.25) is 0 Å². The van der Waals surface area contributed by atoms with E-state index in [1.807, 2.05) is 6.92 Å². The molecule has 0 bridgehead atoms. The second-order valence-electron chi connectivity index (χ2n) is 2.81. The van der Waals surface area contributed by atoms with Crippen molar-refractivity contribution in [1.82, 2.24) is 0 Å². The van der Waals surface area contributed by atoms with Gasteiger partial charge in [0.05, 0.1) is 5.97 Å². The molecule has 12 heavy (non-hydrogen) atoms. The van der Waals surface area contributed by atoms with Crippen molar-refractivity contribution >= 4 is 5.97 Å². The van der Waals surface area contributed by atoms with Gasteiger partial charge in [-0.05, 0) is 12.5 Å². The van der Waals surface area contributed by atoms with Crippen LogP contribution in [0.1, 0.15) is 28.9 Å². The zero-order valence-electron chi connectivity index (χ0n) is 6.91. The van der Waals surface area contributed by atoms with E-state index in [-0.39, 0.29) is 11.6 Å². The molecule has 1 rings (SSSR count). The van der Waals surface area contributed by atoms with Crippen molar-refractivity contribution in [1.29, 1.82) is 0 Å². The summed E-state index contributed by atoms with van der Waals surface area (Å²) >= 11 is 0. The maximum atomic E-state index is 10.4. The summed E-state index contributed by atoms with van der Waals surface area (Å²) in [6.07, 6.45) is 0. The Bertz CT molecular complexity index is 277. The largest absolute Gasteiger partial charge is 0.545 e. The van der Waals surface area contributed by atoms with E-state index in [1.165, 1.54) is 12.1 Å². The summed E-state index contributed by atoms with van der Waals surface area (Å²) in [5, 5.41) is 10.4. The van der Waals surface area contributed by atoms with Crippen LogP contribution in [0.5, 0.6) is 0 Å². The van der Waals surface area contributed by atoms with E-state index in [0.29, 0.717) is 0 Å². The monoisotopic (exact) mass is 165 g/mol. The normalized spacial score (nSPS) is 12.5. The van der Waals surface area contributed by atoms with Crippen molar-refractivity contribution in [3.8, 4) is 0 Å². The van der Waals surface area contributed by atoms with Crippen LogP contribution in [0.15, 0.2) is 24.3 Å². The lowest BCUT2D eigenvalue weighted by Crippen LogP contribution is -2.51. The lowest BCUT2D eigenvalue weighted by Gasteiger charge is -2.04. The number of quaternary nitrogens is 1. The van der Waals surface area contributed by atoms with Gasteiger partial charge in [-0.2, -0.15) is 0 Å². The number of carboxylic acids is 1. The average Bonchev–Trinajstić information content (AvgIpc) is 2.04. The van der Waals surface area contributed by atoms with E-state index in [0.717, 1.165) is 5.56 Å². The standard InChI is InChI=1S/C9H11NO2/c1-6(10)7-2-4-8(5-3-7)9(11)12/h2-6H,10H2,1H3,(H,11,12)/t6-/m0/s1. The molecule has 1 aromatic rings. The number of carboxylic acid groups (broad SMARTS) is 1. The van der Waals surface area contributed by atoms with Gasteiger partial charge in [-0.15, -0.1) is 0 Å². The summed E-state index contributed by atoms with van der Waals surface area (Å²) in [5.41, 5.74) is 5.06. The fourth-order valence-corrected chi connectivity index (χ4v) is 0.948. The Balaban J connectivity index is 2.93. The minimum absolute atomic E-state index is 0.181. The molecule has 0 amide bonds. The van der Waals surface area contributed by atoms with E-state index in [9.17, 15) is 9.90 Å². The molecule has 0 aliphatic carbocycles. The zero-order valence-corrected chi connectivity index (χ0v) is 6.91. The highest BCUT2D eigenvalue weighted by Crippen LogP contribution is 2.08. The first-order valence-corrected chi connectivity index (χ1v) is 3.75. The maximum Gasteiger partial charge on any atom is 0.107 e. The van der Waals surface area contributed by atoms with Gasteiger partial charge in [0.2, 0.25) is 0 Å². The molecule has 1 aromatic carbocycles. The molecule has 0 aliphatic heterocycles. The van der Waals surface area contributed by atoms with Crippen LogP contribution in [-0.2, 0) is 0 Å². The van der Waals surface area contributed by atoms with E-state index < -0.39 is 5.97 Å². The fraction of sp³-hybridized carbons (Fsp3) is 0.222. The Morgan fingerprint density at radius 3 is 2.25 bits per heavy atom. The molecule has 0 spiro atoms. The van der Waals surface area contributed by atoms with Gasteiger partial charge in [0.25, 0.3) is 0 Å². The number of carbonyl (C=O) groups excluding carboxylic acids is 1. The zero-order chi connectivity index (χ0) is 9.14. The van der Waals surface area contributed by atoms with Gasteiger partial charge in [-0.1, -0.05) is 24.3 Å². The quantitative estimate of drug-likeness (QED) is 0.633. The SMILES string of the molecule is C[C@H]([NH3+])c1ccc(C(=O)[O-])cc1. The minimum atomic E-state index is -1.14. The second kappa shape index (κ2) is 3.36. The number of rotatable bonds is 2. The lowest BCUT2D eigenvalue weighted by atomic mass is 10.1. The summed E-state index contributed by atoms with van der Waals surface area (Å²) in [6.45, 7) is 1.95. The van der Waals surface area contributed by atoms with Crippen molar-refractivity contribution in [2.75, 3.05) is 0 Å². The van der Waals surface area contributed by atoms with Crippen LogP contribution in [0.4, 0.5) is 0 Å². The number of carbonyl (C=O) groups is 1. The van der Waals surface area contributed by atoms with Crippen molar-refractivity contribution in [2.45, 2.75) is 13.0 Å². The molecule has 0 saturated heterocycles. The van der Waals surface area contributed by atoms with Crippen LogP contribution in [0.3, 0.4) is 0 Å². The first-order valence-electron chi connectivity index (χ1n) is 3.75. The molecule has 3 nitrogen and oxygen atoms in total. The number of benzene rings is 1. The highest BCUT2D eigenvalue weighted by atomic mass is 16.4. The number of aromatic carboxylic acids is 1. The Morgan fingerprint density at radius 2 is 1.92 bits per heavy atom. The van der Waals surface area contributed by atoms with Crippen molar-refractivity contribution < 1.29 is 15.6 Å². The van der Waals surface area contributed by atoms with E-state index in [2.05, 4.69) is 5.73 Å². The first-order chi connectivity index (χ1) is 5.61. The predicted molar refractivity (Wildman–Crippen MR) is 42.1 cm³/mol. The summed E-state index contributed by atoms with van der Waals surface area (Å²) in [7, 11) is 0. The molecule has 1 atom stereocenters. The Labute approximate surface area is 70.8 Å². The van der Waals surface area contributed by atoms with Crippen molar-refractivity contribution in [3.63, 3.8) is 0 Å². The van der Waals surface area contributed by atoms with Gasteiger partial charge in [-0.3, -0.25) is 0 Å². The van der Waals surface area contributed by atoms with Gasteiger partial charge < -0.3 is 15.6 Å². The van der Waals surface area contributed by atoms with Crippen LogP contribution >= 0.6 is 0 Å². The highest BCUT2D eigenvalue weighted by Gasteiger charge is 2.01. The van der Waals surface area contributed by atoms with Crippen LogP contribution in [0, 0.1) is 0 Å². The summed E-state index contributed by atoms with van der Waals surface area (Å²) in [4.78, 5) is 10.4. The molecule has 0 unspecified atom stereocenters. The van der Waals surface area contributed by atoms with Gasteiger partial charge in [0, 0.05) is 5.56 Å². The third-order valence-electron chi connectivity index (χ3n) is 1.72. The molecule has 0 fully saturated rings. The van der Waals surface area contributed by atoms with Crippen molar-refractivity contribution in [3.05, 3.63) is 35.4 Å². The Hall–Kier alpha value is -1.35. The van der Waals surface area contributed by atoms with Gasteiger partial charge in [0.1, 0.15) is 6.04 Å². The van der Waals surface area contributed by atoms with Crippen LogP contribution in [-0.4, -0.2) is 5.97 Å². The molecule has 0 saturated carbocycles. The average molecular weight is 165 g/mol. The maximum absolute atomic E-state index is 10.4. The van der Waals surface area contributed by atoms with E-state index >= 15 is 0 Å². The topological polar surface area (TPSA) is 67.8 Å². The van der Waals surface area contributed by atoms with E-state index in [4.69, 9.17) is 0 Å². The van der Waals surface area contributed by atoms with Crippen molar-refractivity contribution in [2.24, 2.45) is 0 Å². The smallest absolute Gasteiger partial charge is 0.107 e.